The van der Waals surface area contributed by atoms with Gasteiger partial charge in [-0.2, -0.15) is 0 Å². The number of hydrogen-bond acceptors (Lipinski definition) is 4. The Morgan fingerprint density at radius 2 is 2.00 bits per heavy atom. The van der Waals surface area contributed by atoms with Gasteiger partial charge in [0, 0.05) is 24.2 Å². The predicted octanol–water partition coefficient (Wildman–Crippen LogP) is 3.26. The Morgan fingerprint density at radius 1 is 1.17 bits per heavy atom. The van der Waals surface area contributed by atoms with E-state index in [1.165, 1.54) is 0 Å². The minimum atomic E-state index is -0.444. The molecule has 8 heteroatoms. The summed E-state index contributed by atoms with van der Waals surface area (Å²) < 4.78 is 20.1. The van der Waals surface area contributed by atoms with Gasteiger partial charge >= 0.3 is 0 Å². The number of halogens is 2. The van der Waals surface area contributed by atoms with Crippen LogP contribution in [0.15, 0.2) is 36.4 Å². The summed E-state index contributed by atoms with van der Waals surface area (Å²) in [6, 6.07) is 10.3. The number of ether oxygens (including phenoxy) is 1. The molecule has 0 saturated heterocycles. The van der Waals surface area contributed by atoms with Crippen molar-refractivity contribution in [2.24, 2.45) is 5.92 Å². The van der Waals surface area contributed by atoms with Gasteiger partial charge in [0.15, 0.2) is 6.61 Å². The van der Waals surface area contributed by atoms with E-state index in [1.54, 1.807) is 30.3 Å². The van der Waals surface area contributed by atoms with E-state index in [2.05, 4.69) is 16.0 Å². The van der Waals surface area contributed by atoms with Gasteiger partial charge in [0.25, 0.3) is 5.91 Å². The van der Waals surface area contributed by atoms with Crippen LogP contribution in [0.5, 0.6) is 5.75 Å². The summed E-state index contributed by atoms with van der Waals surface area (Å²) in [6.07, 6.45) is 2.46. The van der Waals surface area contributed by atoms with Gasteiger partial charge in [-0.05, 0) is 55.1 Å². The highest BCUT2D eigenvalue weighted by molar-refractivity contribution is 5.94. The van der Waals surface area contributed by atoms with Crippen molar-refractivity contribution in [3.05, 3.63) is 53.3 Å². The highest BCUT2D eigenvalue weighted by Gasteiger charge is 2.29. The number of hydrogen-bond donors (Lipinski definition) is 3. The maximum absolute atomic E-state index is 14.6. The number of fused-ring (bicyclic) bond motifs is 1. The SMILES string of the molecule is Cl.O=C(COc1cccc(NC(=O)C2CC2)c1)Nc1ccc2c(c1F)CCNC2. The van der Waals surface area contributed by atoms with Crippen LogP contribution in [0.2, 0.25) is 0 Å². The van der Waals surface area contributed by atoms with Gasteiger partial charge < -0.3 is 20.7 Å². The quantitative estimate of drug-likeness (QED) is 0.671. The van der Waals surface area contributed by atoms with E-state index in [1.807, 2.05) is 6.07 Å². The molecule has 1 fully saturated rings. The monoisotopic (exact) mass is 419 g/mol. The maximum atomic E-state index is 14.6. The fourth-order valence-electron chi connectivity index (χ4n) is 3.22. The molecule has 0 aromatic heterocycles. The average molecular weight is 420 g/mol. The summed E-state index contributed by atoms with van der Waals surface area (Å²) in [7, 11) is 0. The first-order chi connectivity index (χ1) is 13.6. The predicted molar refractivity (Wildman–Crippen MR) is 111 cm³/mol. The average Bonchev–Trinajstić information content (AvgIpc) is 3.55. The molecule has 29 heavy (non-hydrogen) atoms. The molecule has 0 atom stereocenters. The van der Waals surface area contributed by atoms with Gasteiger partial charge in [-0.25, -0.2) is 4.39 Å². The van der Waals surface area contributed by atoms with E-state index in [0.717, 1.165) is 24.9 Å². The lowest BCUT2D eigenvalue weighted by atomic mass is 9.99. The summed E-state index contributed by atoms with van der Waals surface area (Å²) in [5, 5.41) is 8.60. The second kappa shape index (κ2) is 9.24. The highest BCUT2D eigenvalue weighted by atomic mass is 35.5. The van der Waals surface area contributed by atoms with E-state index < -0.39 is 5.91 Å². The zero-order valence-electron chi connectivity index (χ0n) is 15.8. The van der Waals surface area contributed by atoms with Crippen LogP contribution in [0.25, 0.3) is 0 Å². The first kappa shape index (κ1) is 21.1. The molecule has 1 aliphatic carbocycles. The molecule has 0 radical (unpaired) electrons. The smallest absolute Gasteiger partial charge is 0.262 e. The molecule has 6 nitrogen and oxygen atoms in total. The molecular weight excluding hydrogens is 397 g/mol. The second-order valence-electron chi connectivity index (χ2n) is 7.12. The molecule has 2 amide bonds. The zero-order chi connectivity index (χ0) is 19.5. The van der Waals surface area contributed by atoms with Crippen LogP contribution in [0.4, 0.5) is 15.8 Å². The third kappa shape index (κ3) is 5.25. The molecule has 1 aliphatic heterocycles. The lowest BCUT2D eigenvalue weighted by Gasteiger charge is -2.19. The summed E-state index contributed by atoms with van der Waals surface area (Å²) in [6.45, 7) is 1.10. The van der Waals surface area contributed by atoms with E-state index in [-0.39, 0.29) is 42.3 Å². The highest BCUT2D eigenvalue weighted by Crippen LogP contribution is 2.30. The van der Waals surface area contributed by atoms with Crippen LogP contribution < -0.4 is 20.7 Å². The van der Waals surface area contributed by atoms with Crippen molar-refractivity contribution in [3.63, 3.8) is 0 Å². The topological polar surface area (TPSA) is 79.5 Å². The number of rotatable bonds is 6. The third-order valence-electron chi connectivity index (χ3n) is 4.90. The first-order valence-electron chi connectivity index (χ1n) is 9.45. The van der Waals surface area contributed by atoms with Gasteiger partial charge in [0.1, 0.15) is 11.6 Å². The molecule has 0 bridgehead atoms. The minimum Gasteiger partial charge on any atom is -0.484 e. The van der Waals surface area contributed by atoms with Crippen LogP contribution in [-0.4, -0.2) is 25.0 Å². The number of benzene rings is 2. The van der Waals surface area contributed by atoms with Crippen LogP contribution in [0.3, 0.4) is 0 Å². The van der Waals surface area contributed by atoms with Crippen LogP contribution in [0, 0.1) is 11.7 Å². The van der Waals surface area contributed by atoms with Crippen molar-refractivity contribution in [2.45, 2.75) is 25.8 Å². The van der Waals surface area contributed by atoms with Crippen molar-refractivity contribution < 1.29 is 18.7 Å². The Bertz CT molecular complexity index is 918. The Balaban J connectivity index is 0.00000240. The lowest BCUT2D eigenvalue weighted by Crippen LogP contribution is -2.26. The third-order valence-corrected chi connectivity index (χ3v) is 4.90. The lowest BCUT2D eigenvalue weighted by molar-refractivity contribution is -0.118. The molecule has 154 valence electrons. The summed E-state index contributed by atoms with van der Waals surface area (Å²) >= 11 is 0. The van der Waals surface area contributed by atoms with Crippen LogP contribution in [-0.2, 0) is 22.6 Å². The number of carbonyl (C=O) groups is 2. The number of nitrogens with one attached hydrogen (secondary N) is 3. The molecule has 3 N–H and O–H groups in total. The van der Waals surface area contributed by atoms with Gasteiger partial charge in [-0.1, -0.05) is 12.1 Å². The summed E-state index contributed by atoms with van der Waals surface area (Å²) in [5.41, 5.74) is 2.36. The zero-order valence-corrected chi connectivity index (χ0v) is 16.6. The second-order valence-corrected chi connectivity index (χ2v) is 7.12. The Labute approximate surface area is 174 Å². The molecule has 2 aliphatic rings. The number of anilines is 2. The first-order valence-corrected chi connectivity index (χ1v) is 9.45. The Morgan fingerprint density at radius 3 is 2.79 bits per heavy atom. The normalized spacial score (nSPS) is 14.9. The summed E-state index contributed by atoms with van der Waals surface area (Å²) in [4.78, 5) is 24.0. The van der Waals surface area contributed by atoms with E-state index in [9.17, 15) is 14.0 Å². The molecule has 1 saturated carbocycles. The molecule has 0 unspecified atom stereocenters. The molecule has 2 aromatic rings. The van der Waals surface area contributed by atoms with Crippen molar-refractivity contribution in [1.29, 1.82) is 0 Å². The number of carbonyl (C=O) groups excluding carboxylic acids is 2. The van der Waals surface area contributed by atoms with E-state index >= 15 is 0 Å². The van der Waals surface area contributed by atoms with E-state index in [0.29, 0.717) is 30.0 Å². The fourth-order valence-corrected chi connectivity index (χ4v) is 3.22. The van der Waals surface area contributed by atoms with Gasteiger partial charge in [-0.3, -0.25) is 9.59 Å². The molecule has 0 spiro atoms. The standard InChI is InChI=1S/C21H22FN3O3.ClH/c22-20-17-8-9-23-11-14(17)6-7-18(20)25-19(26)12-28-16-3-1-2-15(10-16)24-21(27)13-4-5-13;/h1-3,6-7,10,13,23H,4-5,8-9,11-12H2,(H,24,27)(H,25,26);1H. The fraction of sp³-hybridized carbons (Fsp3) is 0.333. The number of amides is 2. The Hall–Kier alpha value is -2.64. The molecule has 1 heterocycles. The van der Waals surface area contributed by atoms with Gasteiger partial charge in [0.05, 0.1) is 5.69 Å². The summed E-state index contributed by atoms with van der Waals surface area (Å²) in [5.74, 6) is -0.247. The minimum absolute atomic E-state index is 0. The van der Waals surface area contributed by atoms with Crippen molar-refractivity contribution in [3.8, 4) is 5.75 Å². The van der Waals surface area contributed by atoms with Crippen LogP contribution >= 0.6 is 12.4 Å². The van der Waals surface area contributed by atoms with Gasteiger partial charge in [-0.15, -0.1) is 12.4 Å². The van der Waals surface area contributed by atoms with Crippen molar-refractivity contribution in [2.75, 3.05) is 23.8 Å². The van der Waals surface area contributed by atoms with E-state index in [4.69, 9.17) is 4.74 Å². The molecule has 4 rings (SSSR count). The molecular formula is C21H23ClFN3O3. The Kier molecular flexibility index (Phi) is 6.71. The van der Waals surface area contributed by atoms with Crippen LogP contribution in [0.1, 0.15) is 24.0 Å². The van der Waals surface area contributed by atoms with Gasteiger partial charge in [0.2, 0.25) is 5.91 Å². The molecule has 2 aromatic carbocycles. The van der Waals surface area contributed by atoms with Crippen molar-refractivity contribution in [1.82, 2.24) is 5.32 Å². The largest absolute Gasteiger partial charge is 0.484 e. The maximum Gasteiger partial charge on any atom is 0.262 e. The van der Waals surface area contributed by atoms with Crippen molar-refractivity contribution >= 4 is 35.6 Å².